The smallest absolute Gasteiger partial charge is 0.288 e. The summed E-state index contributed by atoms with van der Waals surface area (Å²) in [6.07, 6.45) is 0. The van der Waals surface area contributed by atoms with Gasteiger partial charge in [-0.15, -0.1) is 0 Å². The maximum atomic E-state index is 12.8. The van der Waals surface area contributed by atoms with E-state index in [1.165, 1.54) is 13.8 Å². The van der Waals surface area contributed by atoms with Gasteiger partial charge in [0.2, 0.25) is 0 Å². The van der Waals surface area contributed by atoms with E-state index in [-0.39, 0.29) is 0 Å². The maximum absolute atomic E-state index is 12.8. The van der Waals surface area contributed by atoms with Crippen LogP contribution in [0, 0.1) is 5.92 Å². The molecule has 1 atom stereocenters. The van der Waals surface area contributed by atoms with Crippen molar-refractivity contribution in [3.05, 3.63) is 0 Å². The second-order valence-electron chi connectivity index (χ2n) is 3.21. The molecule has 4 heteroatoms. The second-order valence-corrected chi connectivity index (χ2v) is 3.21. The lowest BCUT2D eigenvalue weighted by Crippen LogP contribution is -2.53. The van der Waals surface area contributed by atoms with E-state index < -0.39 is 24.0 Å². The Balaban J connectivity index is 4.53. The Kier molecular flexibility index (Phi) is 2.97. The fourth-order valence-corrected chi connectivity index (χ4v) is 0.629. The molecule has 3 N–H and O–H groups in total. The molecule has 0 bridgehead atoms. The highest BCUT2D eigenvalue weighted by Crippen LogP contribution is 2.33. The van der Waals surface area contributed by atoms with Crippen molar-refractivity contribution in [3.63, 3.8) is 0 Å². The Hall–Kier alpha value is -0.220. The lowest BCUT2D eigenvalue weighted by molar-refractivity contribution is -0.185. The van der Waals surface area contributed by atoms with Crippen molar-refractivity contribution in [2.24, 2.45) is 11.7 Å². The van der Waals surface area contributed by atoms with Crippen LogP contribution in [0.2, 0.25) is 0 Å². The maximum Gasteiger partial charge on any atom is 0.288 e. The molecular formula is C7H15F2NO. The highest BCUT2D eigenvalue weighted by Gasteiger charge is 2.49. The van der Waals surface area contributed by atoms with Crippen LogP contribution in [0.5, 0.6) is 0 Å². The molecule has 0 aromatic heterocycles. The van der Waals surface area contributed by atoms with Gasteiger partial charge in [0.1, 0.15) is 5.60 Å². The zero-order valence-electron chi connectivity index (χ0n) is 7.06. The summed E-state index contributed by atoms with van der Waals surface area (Å²) in [6.45, 7) is 3.34. The van der Waals surface area contributed by atoms with Crippen molar-refractivity contribution in [1.29, 1.82) is 0 Å². The van der Waals surface area contributed by atoms with E-state index >= 15 is 0 Å². The van der Waals surface area contributed by atoms with Gasteiger partial charge in [-0.2, -0.15) is 0 Å². The number of halogens is 2. The summed E-state index contributed by atoms with van der Waals surface area (Å²) in [5.74, 6) is -3.72. The fraction of sp³-hybridized carbons (Fsp3) is 1.00. The van der Waals surface area contributed by atoms with Gasteiger partial charge in [-0.25, -0.2) is 8.78 Å². The van der Waals surface area contributed by atoms with Crippen LogP contribution in [0.1, 0.15) is 20.8 Å². The average molecular weight is 167 g/mol. The lowest BCUT2D eigenvalue weighted by Gasteiger charge is -2.35. The van der Waals surface area contributed by atoms with Crippen LogP contribution >= 0.6 is 0 Å². The highest BCUT2D eigenvalue weighted by molar-refractivity contribution is 4.92. The van der Waals surface area contributed by atoms with Gasteiger partial charge in [-0.3, -0.25) is 0 Å². The predicted octanol–water partition coefficient (Wildman–Crippen LogP) is 0.987. The molecule has 0 saturated heterocycles. The van der Waals surface area contributed by atoms with E-state index in [0.29, 0.717) is 0 Å². The van der Waals surface area contributed by atoms with E-state index in [0.717, 1.165) is 6.92 Å². The molecule has 0 aliphatic heterocycles. The topological polar surface area (TPSA) is 46.2 Å². The molecule has 0 saturated carbocycles. The molecule has 11 heavy (non-hydrogen) atoms. The first kappa shape index (κ1) is 10.8. The number of rotatable bonds is 3. The molecule has 0 aliphatic rings. The predicted molar refractivity (Wildman–Crippen MR) is 39.5 cm³/mol. The molecule has 0 aliphatic carbocycles. The van der Waals surface area contributed by atoms with Crippen LogP contribution in [0.25, 0.3) is 0 Å². The third kappa shape index (κ3) is 1.87. The Bertz CT molecular complexity index is 134. The van der Waals surface area contributed by atoms with Crippen LogP contribution in [-0.4, -0.2) is 23.2 Å². The van der Waals surface area contributed by atoms with Crippen molar-refractivity contribution in [3.8, 4) is 0 Å². The van der Waals surface area contributed by atoms with Crippen LogP contribution < -0.4 is 5.73 Å². The largest absolute Gasteiger partial charge is 0.384 e. The first-order chi connectivity index (χ1) is 4.75. The Labute approximate surface area is 65.4 Å². The minimum Gasteiger partial charge on any atom is -0.384 e. The van der Waals surface area contributed by atoms with Crippen molar-refractivity contribution in [2.45, 2.75) is 32.3 Å². The number of aliphatic hydroxyl groups is 1. The van der Waals surface area contributed by atoms with E-state index in [1.54, 1.807) is 0 Å². The Morgan fingerprint density at radius 2 is 1.82 bits per heavy atom. The van der Waals surface area contributed by atoms with Crippen molar-refractivity contribution < 1.29 is 13.9 Å². The SMILES string of the molecule is CC(C)C(C)(O)C(F)(F)CN. The van der Waals surface area contributed by atoms with Gasteiger partial charge in [-0.05, 0) is 12.8 Å². The van der Waals surface area contributed by atoms with Gasteiger partial charge < -0.3 is 10.8 Å². The molecule has 2 nitrogen and oxygen atoms in total. The van der Waals surface area contributed by atoms with E-state index in [2.05, 4.69) is 0 Å². The highest BCUT2D eigenvalue weighted by atomic mass is 19.3. The molecule has 0 spiro atoms. The molecule has 0 rings (SSSR count). The summed E-state index contributed by atoms with van der Waals surface area (Å²) in [4.78, 5) is 0. The third-order valence-corrected chi connectivity index (χ3v) is 2.12. The quantitative estimate of drug-likeness (QED) is 0.658. The summed E-state index contributed by atoms with van der Waals surface area (Å²) in [5.41, 5.74) is 2.81. The summed E-state index contributed by atoms with van der Waals surface area (Å²) in [5, 5.41) is 9.29. The lowest BCUT2D eigenvalue weighted by atomic mass is 9.86. The monoisotopic (exact) mass is 167 g/mol. The summed E-state index contributed by atoms with van der Waals surface area (Å²) < 4.78 is 25.6. The minimum absolute atomic E-state index is 0.513. The molecule has 0 amide bonds. The number of nitrogens with two attached hydrogens (primary N) is 1. The van der Waals surface area contributed by atoms with E-state index in [9.17, 15) is 13.9 Å². The minimum atomic E-state index is -3.21. The third-order valence-electron chi connectivity index (χ3n) is 2.12. The number of alkyl halides is 2. The van der Waals surface area contributed by atoms with Gasteiger partial charge in [0.05, 0.1) is 6.54 Å². The summed E-state index contributed by atoms with van der Waals surface area (Å²) in [6, 6.07) is 0. The van der Waals surface area contributed by atoms with Gasteiger partial charge in [0.15, 0.2) is 0 Å². The standard InChI is InChI=1S/C7H15F2NO/c1-5(2)6(3,11)7(8,9)4-10/h5,11H,4,10H2,1-3H3. The van der Waals surface area contributed by atoms with Crippen LogP contribution in [0.4, 0.5) is 8.78 Å². The van der Waals surface area contributed by atoms with E-state index in [1.807, 2.05) is 0 Å². The number of hydrogen-bond acceptors (Lipinski definition) is 2. The van der Waals surface area contributed by atoms with Gasteiger partial charge in [0, 0.05) is 0 Å². The molecule has 1 unspecified atom stereocenters. The van der Waals surface area contributed by atoms with Gasteiger partial charge >= 0.3 is 0 Å². The molecule has 0 aromatic rings. The Morgan fingerprint density at radius 3 is 1.91 bits per heavy atom. The molecule has 0 fully saturated rings. The number of hydrogen-bond donors (Lipinski definition) is 2. The zero-order chi connectivity index (χ0) is 9.28. The molecule has 0 heterocycles. The van der Waals surface area contributed by atoms with Crippen LogP contribution in [-0.2, 0) is 0 Å². The normalized spacial score (nSPS) is 18.5. The van der Waals surface area contributed by atoms with Gasteiger partial charge in [0.25, 0.3) is 5.92 Å². The first-order valence-corrected chi connectivity index (χ1v) is 3.56. The van der Waals surface area contributed by atoms with Crippen LogP contribution in [0.15, 0.2) is 0 Å². The molecular weight excluding hydrogens is 152 g/mol. The molecule has 68 valence electrons. The Morgan fingerprint density at radius 1 is 1.45 bits per heavy atom. The summed E-state index contributed by atoms with van der Waals surface area (Å²) in [7, 11) is 0. The molecule has 0 radical (unpaired) electrons. The fourth-order valence-electron chi connectivity index (χ4n) is 0.629. The molecule has 0 aromatic carbocycles. The van der Waals surface area contributed by atoms with Crippen molar-refractivity contribution >= 4 is 0 Å². The van der Waals surface area contributed by atoms with E-state index in [4.69, 9.17) is 5.73 Å². The first-order valence-electron chi connectivity index (χ1n) is 3.56. The zero-order valence-corrected chi connectivity index (χ0v) is 7.06. The van der Waals surface area contributed by atoms with Gasteiger partial charge in [-0.1, -0.05) is 13.8 Å². The van der Waals surface area contributed by atoms with Crippen molar-refractivity contribution in [2.75, 3.05) is 6.54 Å². The van der Waals surface area contributed by atoms with Crippen LogP contribution in [0.3, 0.4) is 0 Å². The van der Waals surface area contributed by atoms with Crippen molar-refractivity contribution in [1.82, 2.24) is 0 Å². The summed E-state index contributed by atoms with van der Waals surface area (Å²) >= 11 is 0. The second kappa shape index (κ2) is 3.03. The average Bonchev–Trinajstić information content (AvgIpc) is 1.87.